The Kier molecular flexibility index (Phi) is 4.64. The van der Waals surface area contributed by atoms with E-state index in [-0.39, 0.29) is 11.6 Å². The van der Waals surface area contributed by atoms with Crippen LogP contribution in [0.5, 0.6) is 0 Å². The molecule has 0 N–H and O–H groups in total. The van der Waals surface area contributed by atoms with Gasteiger partial charge in [-0.3, -0.25) is 0 Å². The molecule has 1 saturated carbocycles. The van der Waals surface area contributed by atoms with Crippen molar-refractivity contribution < 1.29 is 5.21 Å². The first kappa shape index (κ1) is 14.5. The van der Waals surface area contributed by atoms with Gasteiger partial charge in [0.05, 0.1) is 6.04 Å². The van der Waals surface area contributed by atoms with Gasteiger partial charge in [-0.25, -0.2) is 0 Å². The van der Waals surface area contributed by atoms with E-state index in [0.717, 1.165) is 0 Å². The van der Waals surface area contributed by atoms with Crippen LogP contribution in [0.1, 0.15) is 64.5 Å². The predicted molar refractivity (Wildman–Crippen MR) is 78.0 cm³/mol. The molecule has 0 saturated heterocycles. The fraction of sp³-hybridized carbons (Fsp3) is 0.647. The second-order valence-corrected chi connectivity index (χ2v) is 6.75. The lowest BCUT2D eigenvalue weighted by Gasteiger charge is -2.40. The molecule has 1 aromatic carbocycles. The van der Waals surface area contributed by atoms with Crippen molar-refractivity contribution in [2.45, 2.75) is 64.5 Å². The summed E-state index contributed by atoms with van der Waals surface area (Å²) in [6.07, 6.45) is 6.24. The molecule has 1 fully saturated rings. The Balaban J connectivity index is 2.27. The van der Waals surface area contributed by atoms with Crippen molar-refractivity contribution in [3.05, 3.63) is 35.9 Å². The SMILES string of the molecule is CC(C)(C)N([O])C(c1ccccc1)C1CCCCC1. The standard InChI is InChI=1S/C17H26NO/c1-17(2,3)18(19)16(14-10-6-4-7-11-14)15-12-8-5-9-13-15/h4,6-7,10-11,15-16H,5,8-9,12-13H2,1-3H3. The zero-order valence-corrected chi connectivity index (χ0v) is 12.4. The van der Waals surface area contributed by atoms with Crippen LogP contribution in [-0.4, -0.2) is 10.6 Å². The third-order valence-corrected chi connectivity index (χ3v) is 4.15. The normalized spacial score (nSPS) is 19.6. The van der Waals surface area contributed by atoms with Gasteiger partial charge < -0.3 is 0 Å². The van der Waals surface area contributed by atoms with Gasteiger partial charge in [0.1, 0.15) is 0 Å². The fourth-order valence-corrected chi connectivity index (χ4v) is 3.12. The summed E-state index contributed by atoms with van der Waals surface area (Å²) < 4.78 is 0. The van der Waals surface area contributed by atoms with Crippen molar-refractivity contribution in [2.75, 3.05) is 0 Å². The Morgan fingerprint density at radius 3 is 2.16 bits per heavy atom. The molecule has 2 nitrogen and oxygen atoms in total. The van der Waals surface area contributed by atoms with Crippen molar-refractivity contribution in [1.82, 2.24) is 5.06 Å². The van der Waals surface area contributed by atoms with Gasteiger partial charge >= 0.3 is 0 Å². The average Bonchev–Trinajstić information content (AvgIpc) is 2.40. The average molecular weight is 260 g/mol. The van der Waals surface area contributed by atoms with Gasteiger partial charge in [0.25, 0.3) is 0 Å². The minimum absolute atomic E-state index is 0.0153. The Labute approximate surface area is 117 Å². The maximum absolute atomic E-state index is 12.8. The number of rotatable bonds is 3. The number of benzene rings is 1. The van der Waals surface area contributed by atoms with Crippen LogP contribution < -0.4 is 0 Å². The van der Waals surface area contributed by atoms with Crippen LogP contribution in [0.25, 0.3) is 0 Å². The van der Waals surface area contributed by atoms with Crippen LogP contribution >= 0.6 is 0 Å². The van der Waals surface area contributed by atoms with E-state index in [9.17, 15) is 5.21 Å². The molecular weight excluding hydrogens is 234 g/mol. The highest BCUT2D eigenvalue weighted by Crippen LogP contribution is 2.40. The Morgan fingerprint density at radius 1 is 1.05 bits per heavy atom. The number of hydrogen-bond acceptors (Lipinski definition) is 1. The monoisotopic (exact) mass is 260 g/mol. The van der Waals surface area contributed by atoms with Gasteiger partial charge in [-0.1, -0.05) is 49.6 Å². The molecule has 1 atom stereocenters. The number of hydroxylamine groups is 2. The summed E-state index contributed by atoms with van der Waals surface area (Å²) in [5, 5.41) is 14.1. The molecule has 1 aliphatic carbocycles. The zero-order chi connectivity index (χ0) is 13.9. The summed E-state index contributed by atoms with van der Waals surface area (Å²) in [5.41, 5.74) is 0.845. The first-order valence-corrected chi connectivity index (χ1v) is 7.51. The van der Waals surface area contributed by atoms with E-state index in [1.54, 1.807) is 0 Å². The van der Waals surface area contributed by atoms with Crippen molar-refractivity contribution in [1.29, 1.82) is 0 Å². The molecule has 1 aromatic rings. The third kappa shape index (κ3) is 3.58. The molecule has 0 heterocycles. The van der Waals surface area contributed by atoms with E-state index < -0.39 is 0 Å². The van der Waals surface area contributed by atoms with Crippen LogP contribution in [0, 0.1) is 5.92 Å². The first-order valence-electron chi connectivity index (χ1n) is 7.51. The largest absolute Gasteiger partial charge is 0.142 e. The minimum atomic E-state index is -0.335. The summed E-state index contributed by atoms with van der Waals surface area (Å²) in [6, 6.07) is 10.3. The molecule has 0 amide bonds. The van der Waals surface area contributed by atoms with E-state index in [1.165, 1.54) is 42.7 Å². The predicted octanol–water partition coefficient (Wildman–Crippen LogP) is 4.75. The maximum atomic E-state index is 12.8. The molecule has 1 aliphatic rings. The van der Waals surface area contributed by atoms with Gasteiger partial charge in [-0.2, -0.15) is 0 Å². The molecule has 0 aromatic heterocycles. The lowest BCUT2D eigenvalue weighted by atomic mass is 9.80. The van der Waals surface area contributed by atoms with E-state index in [2.05, 4.69) is 12.1 Å². The maximum Gasteiger partial charge on any atom is 0.0666 e. The topological polar surface area (TPSA) is 23.1 Å². The minimum Gasteiger partial charge on any atom is -0.142 e. The van der Waals surface area contributed by atoms with Gasteiger partial charge in [0.15, 0.2) is 0 Å². The second kappa shape index (κ2) is 6.06. The van der Waals surface area contributed by atoms with Crippen LogP contribution in [0.15, 0.2) is 30.3 Å². The van der Waals surface area contributed by atoms with Gasteiger partial charge in [0.2, 0.25) is 0 Å². The highest BCUT2D eigenvalue weighted by molar-refractivity contribution is 5.20. The second-order valence-electron chi connectivity index (χ2n) is 6.75. The van der Waals surface area contributed by atoms with Gasteiger partial charge in [-0.05, 0) is 45.1 Å². The molecule has 105 valence electrons. The summed E-state index contributed by atoms with van der Waals surface area (Å²) in [6.45, 7) is 6.04. The van der Waals surface area contributed by atoms with E-state index >= 15 is 0 Å². The summed E-state index contributed by atoms with van der Waals surface area (Å²) >= 11 is 0. The van der Waals surface area contributed by atoms with Crippen molar-refractivity contribution >= 4 is 0 Å². The highest BCUT2D eigenvalue weighted by atomic mass is 16.5. The summed E-state index contributed by atoms with van der Waals surface area (Å²) in [7, 11) is 0. The van der Waals surface area contributed by atoms with Gasteiger partial charge in [0, 0.05) is 5.54 Å². The first-order chi connectivity index (χ1) is 9.00. The number of nitrogens with zero attached hydrogens (tertiary/aromatic N) is 1. The molecular formula is C17H26NO. The van der Waals surface area contributed by atoms with Crippen LogP contribution in [0.2, 0.25) is 0 Å². The Hall–Kier alpha value is -0.860. The van der Waals surface area contributed by atoms with Crippen molar-refractivity contribution in [2.24, 2.45) is 5.92 Å². The van der Waals surface area contributed by atoms with Crippen molar-refractivity contribution in [3.63, 3.8) is 0 Å². The Morgan fingerprint density at radius 2 is 1.63 bits per heavy atom. The lowest BCUT2D eigenvalue weighted by molar-refractivity contribution is -0.254. The molecule has 0 bridgehead atoms. The van der Waals surface area contributed by atoms with Crippen molar-refractivity contribution in [3.8, 4) is 0 Å². The molecule has 1 radical (unpaired) electrons. The van der Waals surface area contributed by atoms with E-state index in [1.807, 2.05) is 39.0 Å². The summed E-state index contributed by atoms with van der Waals surface area (Å²) in [5.74, 6) is 0.507. The lowest BCUT2D eigenvalue weighted by Crippen LogP contribution is -2.43. The molecule has 1 unspecified atom stereocenters. The molecule has 19 heavy (non-hydrogen) atoms. The molecule has 2 rings (SSSR count). The molecule has 0 spiro atoms. The highest BCUT2D eigenvalue weighted by Gasteiger charge is 2.36. The number of hydrogen-bond donors (Lipinski definition) is 0. The van der Waals surface area contributed by atoms with Gasteiger partial charge in [-0.15, -0.1) is 10.3 Å². The van der Waals surface area contributed by atoms with E-state index in [0.29, 0.717) is 5.92 Å². The molecule has 2 heteroatoms. The fourth-order valence-electron chi connectivity index (χ4n) is 3.12. The molecule has 0 aliphatic heterocycles. The quantitative estimate of drug-likeness (QED) is 0.719. The Bertz CT molecular complexity index is 376. The zero-order valence-electron chi connectivity index (χ0n) is 12.4. The van der Waals surface area contributed by atoms with E-state index in [4.69, 9.17) is 0 Å². The van der Waals surface area contributed by atoms with Crippen LogP contribution in [0.3, 0.4) is 0 Å². The van der Waals surface area contributed by atoms with Crippen LogP contribution in [0.4, 0.5) is 0 Å². The summed E-state index contributed by atoms with van der Waals surface area (Å²) in [4.78, 5) is 0. The third-order valence-electron chi connectivity index (χ3n) is 4.15. The van der Waals surface area contributed by atoms with Crippen LogP contribution in [-0.2, 0) is 5.21 Å². The smallest absolute Gasteiger partial charge is 0.0666 e.